The molecule has 4 rings (SSSR count). The van der Waals surface area contributed by atoms with Crippen LogP contribution in [0.15, 0.2) is 54.7 Å². The summed E-state index contributed by atoms with van der Waals surface area (Å²) in [6, 6.07) is 15.7. The molecule has 132 valence electrons. The van der Waals surface area contributed by atoms with E-state index in [1.54, 1.807) is 0 Å². The van der Waals surface area contributed by atoms with Gasteiger partial charge >= 0.3 is 0 Å². The average Bonchev–Trinajstić information content (AvgIpc) is 3.14. The molecule has 4 nitrogen and oxygen atoms in total. The largest absolute Gasteiger partial charge is 0.347 e. The van der Waals surface area contributed by atoms with Crippen LogP contribution in [0.25, 0.3) is 10.9 Å². The summed E-state index contributed by atoms with van der Waals surface area (Å²) >= 11 is 0. The van der Waals surface area contributed by atoms with Gasteiger partial charge in [0, 0.05) is 30.1 Å². The Hall–Kier alpha value is -2.88. The Bertz CT molecular complexity index is 985. The van der Waals surface area contributed by atoms with Crippen molar-refractivity contribution < 1.29 is 9.59 Å². The van der Waals surface area contributed by atoms with E-state index in [0.717, 1.165) is 35.0 Å². The number of benzene rings is 2. The molecule has 4 heteroatoms. The zero-order chi connectivity index (χ0) is 18.3. The van der Waals surface area contributed by atoms with Gasteiger partial charge in [0.25, 0.3) is 0 Å². The van der Waals surface area contributed by atoms with Crippen LogP contribution >= 0.6 is 0 Å². The molecule has 1 aliphatic rings. The van der Waals surface area contributed by atoms with Gasteiger partial charge in [0.2, 0.25) is 11.8 Å². The summed E-state index contributed by atoms with van der Waals surface area (Å²) in [6.45, 7) is 5.03. The predicted octanol–water partition coefficient (Wildman–Crippen LogP) is 4.41. The van der Waals surface area contributed by atoms with E-state index >= 15 is 0 Å². The Morgan fingerprint density at radius 3 is 2.50 bits per heavy atom. The van der Waals surface area contributed by atoms with E-state index in [4.69, 9.17) is 0 Å². The van der Waals surface area contributed by atoms with Crippen LogP contribution in [0.5, 0.6) is 0 Å². The normalized spacial score (nSPS) is 17.5. The molecule has 0 spiro atoms. The van der Waals surface area contributed by atoms with E-state index in [1.807, 2.05) is 49.4 Å². The quantitative estimate of drug-likeness (QED) is 0.657. The first-order valence-electron chi connectivity index (χ1n) is 9.11. The molecule has 1 atom stereocenters. The smallest absolute Gasteiger partial charge is 0.241 e. The fraction of sp³-hybridized carbons (Fsp3) is 0.273. The fourth-order valence-corrected chi connectivity index (χ4v) is 3.82. The number of hydrogen-bond donors (Lipinski definition) is 0. The van der Waals surface area contributed by atoms with Crippen molar-refractivity contribution in [1.29, 1.82) is 0 Å². The zero-order valence-corrected chi connectivity index (χ0v) is 15.1. The summed E-state index contributed by atoms with van der Waals surface area (Å²) in [7, 11) is 0. The van der Waals surface area contributed by atoms with Gasteiger partial charge in [-0.05, 0) is 37.1 Å². The molecular formula is C22H22N2O2. The van der Waals surface area contributed by atoms with Crippen molar-refractivity contribution in [2.45, 2.75) is 39.2 Å². The van der Waals surface area contributed by atoms with Crippen LogP contribution in [0, 0.1) is 6.92 Å². The summed E-state index contributed by atoms with van der Waals surface area (Å²) in [5.41, 5.74) is 3.85. The lowest BCUT2D eigenvalue weighted by Crippen LogP contribution is -2.29. The molecule has 26 heavy (non-hydrogen) atoms. The Morgan fingerprint density at radius 2 is 1.77 bits per heavy atom. The van der Waals surface area contributed by atoms with Gasteiger partial charge in [-0.2, -0.15) is 0 Å². The number of aryl methyl sites for hydroxylation is 2. The number of aromatic nitrogens is 1. The van der Waals surface area contributed by atoms with Gasteiger partial charge in [-0.25, -0.2) is 0 Å². The Labute approximate surface area is 153 Å². The number of hydrogen-bond acceptors (Lipinski definition) is 2. The summed E-state index contributed by atoms with van der Waals surface area (Å²) in [6.07, 6.45) is 3.31. The number of imide groups is 1. The van der Waals surface area contributed by atoms with Crippen LogP contribution in [0.2, 0.25) is 0 Å². The third-order valence-electron chi connectivity index (χ3n) is 5.10. The topological polar surface area (TPSA) is 42.3 Å². The monoisotopic (exact) mass is 346 g/mol. The number of carbonyl (C=O) groups excluding carboxylic acids is 2. The molecule has 2 heterocycles. The molecule has 0 bridgehead atoms. The van der Waals surface area contributed by atoms with Crippen LogP contribution in [0.1, 0.15) is 36.8 Å². The lowest BCUT2D eigenvalue weighted by atomic mass is 9.97. The number of anilines is 1. The van der Waals surface area contributed by atoms with Crippen LogP contribution in [0.4, 0.5) is 5.69 Å². The molecule has 1 unspecified atom stereocenters. The maximum atomic E-state index is 13.1. The van der Waals surface area contributed by atoms with Gasteiger partial charge in [0.1, 0.15) is 0 Å². The minimum atomic E-state index is -0.410. The predicted molar refractivity (Wildman–Crippen MR) is 103 cm³/mol. The third-order valence-corrected chi connectivity index (χ3v) is 5.10. The first kappa shape index (κ1) is 16.6. The highest BCUT2D eigenvalue weighted by atomic mass is 16.2. The zero-order valence-electron chi connectivity index (χ0n) is 15.1. The number of rotatable bonds is 4. The van der Waals surface area contributed by atoms with Crippen LogP contribution in [-0.4, -0.2) is 16.4 Å². The van der Waals surface area contributed by atoms with Gasteiger partial charge < -0.3 is 4.57 Å². The summed E-state index contributed by atoms with van der Waals surface area (Å²) in [5.74, 6) is -0.666. The number of amides is 2. The average molecular weight is 346 g/mol. The standard InChI is InChI=1S/C22H22N2O2/c1-3-12-23-14-19(17-6-4-5-7-20(17)23)18-13-21(25)24(22(18)26)16-10-8-15(2)9-11-16/h4-11,14,18H,3,12-13H2,1-2H3. The first-order chi connectivity index (χ1) is 12.6. The van der Waals surface area contributed by atoms with Crippen molar-refractivity contribution in [3.63, 3.8) is 0 Å². The van der Waals surface area contributed by atoms with Gasteiger partial charge in [-0.1, -0.05) is 42.8 Å². The minimum Gasteiger partial charge on any atom is -0.347 e. The maximum absolute atomic E-state index is 13.1. The van der Waals surface area contributed by atoms with E-state index in [1.165, 1.54) is 4.90 Å². The van der Waals surface area contributed by atoms with Crippen molar-refractivity contribution in [1.82, 2.24) is 4.57 Å². The molecule has 1 fully saturated rings. The van der Waals surface area contributed by atoms with Crippen LogP contribution in [-0.2, 0) is 16.1 Å². The number of fused-ring (bicyclic) bond motifs is 1. The van der Waals surface area contributed by atoms with E-state index in [9.17, 15) is 9.59 Å². The lowest BCUT2D eigenvalue weighted by molar-refractivity contribution is -0.121. The molecule has 2 aromatic carbocycles. The molecule has 0 radical (unpaired) electrons. The Morgan fingerprint density at radius 1 is 1.04 bits per heavy atom. The first-order valence-corrected chi connectivity index (χ1v) is 9.11. The highest BCUT2D eigenvalue weighted by molar-refractivity contribution is 6.23. The van der Waals surface area contributed by atoms with Crippen molar-refractivity contribution in [2.75, 3.05) is 4.90 Å². The highest BCUT2D eigenvalue weighted by Crippen LogP contribution is 2.37. The van der Waals surface area contributed by atoms with Gasteiger partial charge in [-0.3, -0.25) is 14.5 Å². The van der Waals surface area contributed by atoms with E-state index in [2.05, 4.69) is 23.8 Å². The minimum absolute atomic E-state index is 0.127. The highest BCUT2D eigenvalue weighted by Gasteiger charge is 2.41. The molecule has 0 N–H and O–H groups in total. The van der Waals surface area contributed by atoms with E-state index in [0.29, 0.717) is 5.69 Å². The lowest BCUT2D eigenvalue weighted by Gasteiger charge is -2.15. The molecule has 1 aliphatic heterocycles. The number of para-hydroxylation sites is 1. The molecule has 0 saturated carbocycles. The van der Waals surface area contributed by atoms with Crippen molar-refractivity contribution in [3.05, 3.63) is 65.9 Å². The van der Waals surface area contributed by atoms with Crippen molar-refractivity contribution >= 4 is 28.4 Å². The molecule has 1 aromatic heterocycles. The second-order valence-corrected chi connectivity index (χ2v) is 6.95. The van der Waals surface area contributed by atoms with E-state index in [-0.39, 0.29) is 18.2 Å². The maximum Gasteiger partial charge on any atom is 0.241 e. The number of nitrogens with zero attached hydrogens (tertiary/aromatic N) is 2. The second kappa shape index (κ2) is 6.45. The molecule has 3 aromatic rings. The van der Waals surface area contributed by atoms with Gasteiger partial charge in [0.15, 0.2) is 0 Å². The fourth-order valence-electron chi connectivity index (χ4n) is 3.82. The van der Waals surface area contributed by atoms with Crippen LogP contribution in [0.3, 0.4) is 0 Å². The molecule has 2 amide bonds. The summed E-state index contributed by atoms with van der Waals surface area (Å²) in [5, 5.41) is 1.07. The molecule has 0 aliphatic carbocycles. The number of carbonyl (C=O) groups is 2. The Kier molecular flexibility index (Phi) is 4.11. The van der Waals surface area contributed by atoms with Crippen molar-refractivity contribution in [3.8, 4) is 0 Å². The molecule has 1 saturated heterocycles. The SMILES string of the molecule is CCCn1cc(C2CC(=O)N(c3ccc(C)cc3)C2=O)c2ccccc21. The second-order valence-electron chi connectivity index (χ2n) is 6.95. The van der Waals surface area contributed by atoms with E-state index < -0.39 is 5.92 Å². The van der Waals surface area contributed by atoms with Gasteiger partial charge in [-0.15, -0.1) is 0 Å². The molecular weight excluding hydrogens is 324 g/mol. The Balaban J connectivity index is 1.75. The summed E-state index contributed by atoms with van der Waals surface area (Å²) < 4.78 is 2.19. The summed E-state index contributed by atoms with van der Waals surface area (Å²) in [4.78, 5) is 27.1. The van der Waals surface area contributed by atoms with Gasteiger partial charge in [0.05, 0.1) is 11.6 Å². The van der Waals surface area contributed by atoms with Crippen LogP contribution < -0.4 is 4.90 Å². The third kappa shape index (κ3) is 2.62. The van der Waals surface area contributed by atoms with Crippen molar-refractivity contribution in [2.24, 2.45) is 0 Å².